The van der Waals surface area contributed by atoms with E-state index in [1.807, 2.05) is 48.2 Å². The largest absolute Gasteiger partial charge is 0.339 e. The van der Waals surface area contributed by atoms with E-state index in [2.05, 4.69) is 6.92 Å². The van der Waals surface area contributed by atoms with Crippen molar-refractivity contribution in [3.05, 3.63) is 47.7 Å². The van der Waals surface area contributed by atoms with Crippen molar-refractivity contribution >= 4 is 26.8 Å². The van der Waals surface area contributed by atoms with E-state index in [1.54, 1.807) is 4.68 Å². The fraction of sp³-hybridized carbons (Fsp3) is 0.458. The number of sulfone groups is 1. The Morgan fingerprint density at radius 2 is 1.81 bits per heavy atom. The Morgan fingerprint density at radius 3 is 2.47 bits per heavy atom. The summed E-state index contributed by atoms with van der Waals surface area (Å²) in [5.74, 6) is 0.857. The standard InChI is InChI=1S/C24H28N4O3S/c1-16-8-11-27(12-9-16)24(29)20-14-21(18-6-4-3-5-7-18)25-23-22(20)17(2)26-28(23)19-10-13-32(30,31)15-19/h3-7,14,16,19H,8-13,15H2,1-2H3. The number of hydrogen-bond acceptors (Lipinski definition) is 5. The van der Waals surface area contributed by atoms with Crippen LogP contribution in [-0.2, 0) is 9.84 Å². The van der Waals surface area contributed by atoms with Gasteiger partial charge in [0.2, 0.25) is 0 Å². The first-order valence-electron chi connectivity index (χ1n) is 11.3. The number of amides is 1. The molecule has 1 unspecified atom stereocenters. The molecule has 7 nitrogen and oxygen atoms in total. The van der Waals surface area contributed by atoms with Crippen LogP contribution in [0.3, 0.4) is 0 Å². The summed E-state index contributed by atoms with van der Waals surface area (Å²) in [7, 11) is -3.08. The molecule has 2 aliphatic heterocycles. The highest BCUT2D eigenvalue weighted by molar-refractivity contribution is 7.91. The van der Waals surface area contributed by atoms with Crippen molar-refractivity contribution in [2.45, 2.75) is 39.2 Å². The molecule has 0 aliphatic carbocycles. The summed E-state index contributed by atoms with van der Waals surface area (Å²) < 4.78 is 26.0. The minimum Gasteiger partial charge on any atom is -0.339 e. The number of benzene rings is 1. The molecule has 2 aromatic heterocycles. The topological polar surface area (TPSA) is 85.2 Å². The average molecular weight is 453 g/mol. The average Bonchev–Trinajstić information content (AvgIpc) is 3.32. The van der Waals surface area contributed by atoms with E-state index in [-0.39, 0.29) is 23.5 Å². The van der Waals surface area contributed by atoms with Gasteiger partial charge >= 0.3 is 0 Å². The van der Waals surface area contributed by atoms with Crippen LogP contribution in [0.25, 0.3) is 22.3 Å². The minimum atomic E-state index is -3.08. The fourth-order valence-electron chi connectivity index (χ4n) is 4.84. The van der Waals surface area contributed by atoms with Crippen molar-refractivity contribution in [2.24, 2.45) is 5.92 Å². The quantitative estimate of drug-likeness (QED) is 0.606. The van der Waals surface area contributed by atoms with Crippen LogP contribution in [0.2, 0.25) is 0 Å². The normalized spacial score (nSPS) is 21.3. The Bertz CT molecular complexity index is 1280. The summed E-state index contributed by atoms with van der Waals surface area (Å²) in [6.07, 6.45) is 2.52. The summed E-state index contributed by atoms with van der Waals surface area (Å²) in [5.41, 5.74) is 3.53. The predicted octanol–water partition coefficient (Wildman–Crippen LogP) is 3.64. The van der Waals surface area contributed by atoms with Gasteiger partial charge in [-0.1, -0.05) is 37.3 Å². The first-order chi connectivity index (χ1) is 15.3. The number of hydrogen-bond donors (Lipinski definition) is 0. The highest BCUT2D eigenvalue weighted by Gasteiger charge is 2.33. The number of fused-ring (bicyclic) bond motifs is 1. The Labute approximate surface area is 188 Å². The minimum absolute atomic E-state index is 0.00294. The van der Waals surface area contributed by atoms with Crippen molar-refractivity contribution in [1.29, 1.82) is 0 Å². The Morgan fingerprint density at radius 1 is 1.09 bits per heavy atom. The van der Waals surface area contributed by atoms with E-state index in [4.69, 9.17) is 10.1 Å². The molecule has 168 valence electrons. The van der Waals surface area contributed by atoms with E-state index < -0.39 is 9.84 Å². The molecule has 0 radical (unpaired) electrons. The fourth-order valence-corrected chi connectivity index (χ4v) is 6.54. The molecule has 1 atom stereocenters. The summed E-state index contributed by atoms with van der Waals surface area (Å²) in [5, 5.41) is 5.43. The number of likely N-dealkylation sites (tertiary alicyclic amines) is 1. The number of aryl methyl sites for hydroxylation is 1. The molecular formula is C24H28N4O3S. The summed E-state index contributed by atoms with van der Waals surface area (Å²) in [6, 6.07) is 11.4. The van der Waals surface area contributed by atoms with Crippen LogP contribution in [0.5, 0.6) is 0 Å². The number of nitrogens with zero attached hydrogens (tertiary/aromatic N) is 4. The maximum atomic E-state index is 13.7. The number of rotatable bonds is 3. The molecular weight excluding hydrogens is 424 g/mol. The summed E-state index contributed by atoms with van der Waals surface area (Å²) >= 11 is 0. The monoisotopic (exact) mass is 452 g/mol. The third-order valence-electron chi connectivity index (χ3n) is 6.76. The van der Waals surface area contributed by atoms with Gasteiger partial charge in [-0.05, 0) is 38.2 Å². The molecule has 2 aliphatic rings. The van der Waals surface area contributed by atoms with E-state index in [0.29, 0.717) is 34.9 Å². The molecule has 0 N–H and O–H groups in total. The first-order valence-corrected chi connectivity index (χ1v) is 13.1. The molecule has 1 amide bonds. The van der Waals surface area contributed by atoms with Gasteiger partial charge in [-0.25, -0.2) is 18.1 Å². The van der Waals surface area contributed by atoms with Gasteiger partial charge in [-0.15, -0.1) is 0 Å². The molecule has 32 heavy (non-hydrogen) atoms. The van der Waals surface area contributed by atoms with E-state index in [1.165, 1.54) is 0 Å². The molecule has 0 saturated carbocycles. The number of pyridine rings is 1. The number of aromatic nitrogens is 3. The lowest BCUT2D eigenvalue weighted by Gasteiger charge is -2.30. The second kappa shape index (κ2) is 7.99. The van der Waals surface area contributed by atoms with Gasteiger partial charge in [-0.3, -0.25) is 4.79 Å². The summed E-state index contributed by atoms with van der Waals surface area (Å²) in [4.78, 5) is 20.5. The highest BCUT2D eigenvalue weighted by atomic mass is 32.2. The zero-order chi connectivity index (χ0) is 22.5. The molecule has 5 rings (SSSR count). The predicted molar refractivity (Wildman–Crippen MR) is 124 cm³/mol. The van der Waals surface area contributed by atoms with Crippen LogP contribution in [0.15, 0.2) is 36.4 Å². The van der Waals surface area contributed by atoms with Gasteiger partial charge in [0, 0.05) is 18.7 Å². The second-order valence-corrected chi connectivity index (χ2v) is 11.4. The maximum Gasteiger partial charge on any atom is 0.254 e. The lowest BCUT2D eigenvalue weighted by atomic mass is 9.97. The second-order valence-electron chi connectivity index (χ2n) is 9.18. The molecule has 2 saturated heterocycles. The Kier molecular flexibility index (Phi) is 5.28. The van der Waals surface area contributed by atoms with Crippen LogP contribution in [-0.4, -0.2) is 58.6 Å². The van der Waals surface area contributed by atoms with Crippen molar-refractivity contribution < 1.29 is 13.2 Å². The van der Waals surface area contributed by atoms with Crippen molar-refractivity contribution in [3.63, 3.8) is 0 Å². The van der Waals surface area contributed by atoms with Crippen molar-refractivity contribution in [2.75, 3.05) is 24.6 Å². The Hall–Kier alpha value is -2.74. The highest BCUT2D eigenvalue weighted by Crippen LogP contribution is 2.33. The molecule has 2 fully saturated rings. The molecule has 3 aromatic rings. The first kappa shape index (κ1) is 21.1. The van der Waals surface area contributed by atoms with Crippen LogP contribution in [0, 0.1) is 12.8 Å². The molecule has 0 bridgehead atoms. The SMILES string of the molecule is Cc1nn(C2CCS(=O)(=O)C2)c2nc(-c3ccccc3)cc(C(=O)N3CCC(C)CC3)c12. The van der Waals surface area contributed by atoms with Gasteiger partial charge in [0.05, 0.1) is 39.9 Å². The zero-order valence-electron chi connectivity index (χ0n) is 18.5. The molecule has 4 heterocycles. The van der Waals surface area contributed by atoms with Gasteiger partial charge in [0.25, 0.3) is 5.91 Å². The van der Waals surface area contributed by atoms with Crippen LogP contribution < -0.4 is 0 Å². The maximum absolute atomic E-state index is 13.7. The van der Waals surface area contributed by atoms with Crippen LogP contribution in [0.4, 0.5) is 0 Å². The third-order valence-corrected chi connectivity index (χ3v) is 8.51. The van der Waals surface area contributed by atoms with Crippen molar-refractivity contribution in [3.8, 4) is 11.3 Å². The van der Waals surface area contributed by atoms with Crippen LogP contribution >= 0.6 is 0 Å². The van der Waals surface area contributed by atoms with Gasteiger partial charge in [-0.2, -0.15) is 5.10 Å². The van der Waals surface area contributed by atoms with Crippen LogP contribution in [0.1, 0.15) is 48.3 Å². The Balaban J connectivity index is 1.67. The third kappa shape index (κ3) is 3.81. The van der Waals surface area contributed by atoms with E-state index in [0.717, 1.165) is 36.9 Å². The number of piperidine rings is 1. The van der Waals surface area contributed by atoms with Crippen molar-refractivity contribution in [1.82, 2.24) is 19.7 Å². The zero-order valence-corrected chi connectivity index (χ0v) is 19.3. The smallest absolute Gasteiger partial charge is 0.254 e. The lowest BCUT2D eigenvalue weighted by molar-refractivity contribution is 0.0699. The molecule has 8 heteroatoms. The number of carbonyl (C=O) groups is 1. The number of carbonyl (C=O) groups excluding carboxylic acids is 1. The molecule has 1 aromatic carbocycles. The molecule has 0 spiro atoms. The van der Waals surface area contributed by atoms with Gasteiger partial charge < -0.3 is 4.90 Å². The van der Waals surface area contributed by atoms with Gasteiger partial charge in [0.1, 0.15) is 0 Å². The summed E-state index contributed by atoms with van der Waals surface area (Å²) in [6.45, 7) is 5.60. The van der Waals surface area contributed by atoms with E-state index >= 15 is 0 Å². The van der Waals surface area contributed by atoms with Gasteiger partial charge in [0.15, 0.2) is 15.5 Å². The van der Waals surface area contributed by atoms with E-state index in [9.17, 15) is 13.2 Å². The lowest BCUT2D eigenvalue weighted by Crippen LogP contribution is -2.38.